The van der Waals surface area contributed by atoms with E-state index in [4.69, 9.17) is 0 Å². The molecule has 0 fully saturated rings. The molecule has 0 aliphatic heterocycles. The van der Waals surface area contributed by atoms with Crippen molar-refractivity contribution in [3.63, 3.8) is 0 Å². The van der Waals surface area contributed by atoms with E-state index in [2.05, 4.69) is 25.9 Å². The Balaban J connectivity index is 2.33. The molecule has 0 N–H and O–H groups in total. The van der Waals surface area contributed by atoms with Crippen molar-refractivity contribution in [2.24, 2.45) is 0 Å². The maximum Gasteiger partial charge on any atom is 0.164 e. The summed E-state index contributed by atoms with van der Waals surface area (Å²) in [7, 11) is 0. The molecular formula is C12H8BrN3. The van der Waals surface area contributed by atoms with Gasteiger partial charge in [-0.3, -0.25) is 9.38 Å². The zero-order valence-electron chi connectivity index (χ0n) is 8.34. The largest absolute Gasteiger partial charge is 0.297 e. The molecule has 3 aromatic rings. The average Bonchev–Trinajstić information content (AvgIpc) is 2.69. The van der Waals surface area contributed by atoms with Gasteiger partial charge in [-0.05, 0) is 40.2 Å². The van der Waals surface area contributed by atoms with Crippen LogP contribution in [0.2, 0.25) is 0 Å². The molecule has 78 valence electrons. The van der Waals surface area contributed by atoms with Gasteiger partial charge in [0.2, 0.25) is 0 Å². The Kier molecular flexibility index (Phi) is 2.22. The number of aromatic nitrogens is 3. The fourth-order valence-electron chi connectivity index (χ4n) is 1.68. The third kappa shape index (κ3) is 1.42. The third-order valence-electron chi connectivity index (χ3n) is 2.40. The first-order valence-electron chi connectivity index (χ1n) is 4.90. The highest BCUT2D eigenvalue weighted by Crippen LogP contribution is 2.24. The highest BCUT2D eigenvalue weighted by atomic mass is 79.9. The first kappa shape index (κ1) is 9.54. The van der Waals surface area contributed by atoms with Gasteiger partial charge in [-0.15, -0.1) is 0 Å². The number of hydrogen-bond acceptors (Lipinski definition) is 2. The topological polar surface area (TPSA) is 30.2 Å². The molecule has 3 rings (SSSR count). The molecule has 0 amide bonds. The Bertz CT molecular complexity index is 631. The van der Waals surface area contributed by atoms with Gasteiger partial charge in [-0.2, -0.15) is 0 Å². The van der Waals surface area contributed by atoms with E-state index < -0.39 is 0 Å². The Morgan fingerprint density at radius 2 is 1.94 bits per heavy atom. The minimum Gasteiger partial charge on any atom is -0.297 e. The van der Waals surface area contributed by atoms with Crippen molar-refractivity contribution in [1.82, 2.24) is 14.4 Å². The maximum atomic E-state index is 4.48. The van der Waals surface area contributed by atoms with E-state index >= 15 is 0 Å². The molecule has 3 nitrogen and oxygen atoms in total. The van der Waals surface area contributed by atoms with Crippen LogP contribution in [-0.2, 0) is 0 Å². The number of rotatable bonds is 1. The zero-order chi connectivity index (χ0) is 11.0. The second-order valence-corrected chi connectivity index (χ2v) is 4.15. The summed E-state index contributed by atoms with van der Waals surface area (Å²) in [5.41, 5.74) is 1.91. The first-order valence-corrected chi connectivity index (χ1v) is 5.69. The number of fused-ring (bicyclic) bond motifs is 1. The van der Waals surface area contributed by atoms with E-state index in [0.717, 1.165) is 21.6 Å². The van der Waals surface area contributed by atoms with E-state index in [-0.39, 0.29) is 0 Å². The lowest BCUT2D eigenvalue weighted by atomic mass is 10.3. The van der Waals surface area contributed by atoms with Gasteiger partial charge in [0.05, 0.1) is 5.52 Å². The molecule has 0 aliphatic carbocycles. The molecule has 0 saturated carbocycles. The third-order valence-corrected chi connectivity index (χ3v) is 2.98. The van der Waals surface area contributed by atoms with Crippen LogP contribution in [0.4, 0.5) is 0 Å². The summed E-state index contributed by atoms with van der Waals surface area (Å²) >= 11 is 3.46. The predicted molar refractivity (Wildman–Crippen MR) is 66.1 cm³/mol. The van der Waals surface area contributed by atoms with Crippen molar-refractivity contribution in [2.75, 3.05) is 0 Å². The molecule has 0 aliphatic rings. The summed E-state index contributed by atoms with van der Waals surface area (Å²) in [6.07, 6.45) is 3.75. The van der Waals surface area contributed by atoms with Crippen LogP contribution in [0.15, 0.2) is 53.4 Å². The summed E-state index contributed by atoms with van der Waals surface area (Å²) in [6, 6.07) is 11.8. The van der Waals surface area contributed by atoms with E-state index in [9.17, 15) is 0 Å². The lowest BCUT2D eigenvalue weighted by Gasteiger charge is -1.98. The lowest BCUT2D eigenvalue weighted by Crippen LogP contribution is -1.90. The van der Waals surface area contributed by atoms with Crippen molar-refractivity contribution in [1.29, 1.82) is 0 Å². The van der Waals surface area contributed by atoms with Crippen LogP contribution in [0.5, 0.6) is 0 Å². The SMILES string of the molecule is Brc1nc(-c2ccccn2)n2ccccc12. The van der Waals surface area contributed by atoms with Crippen LogP contribution in [0, 0.1) is 0 Å². The number of hydrogen-bond donors (Lipinski definition) is 0. The zero-order valence-corrected chi connectivity index (χ0v) is 9.92. The van der Waals surface area contributed by atoms with Gasteiger partial charge in [0, 0.05) is 12.4 Å². The second kappa shape index (κ2) is 3.72. The summed E-state index contributed by atoms with van der Waals surface area (Å²) < 4.78 is 2.86. The highest BCUT2D eigenvalue weighted by molar-refractivity contribution is 9.10. The van der Waals surface area contributed by atoms with E-state index in [1.54, 1.807) is 6.20 Å². The molecule has 0 atom stereocenters. The van der Waals surface area contributed by atoms with Crippen LogP contribution >= 0.6 is 15.9 Å². The summed E-state index contributed by atoms with van der Waals surface area (Å²) in [6.45, 7) is 0. The lowest BCUT2D eigenvalue weighted by molar-refractivity contribution is 1.13. The Morgan fingerprint density at radius 3 is 2.75 bits per heavy atom. The molecular weight excluding hydrogens is 266 g/mol. The smallest absolute Gasteiger partial charge is 0.164 e. The van der Waals surface area contributed by atoms with Gasteiger partial charge in [0.1, 0.15) is 10.3 Å². The fourth-order valence-corrected chi connectivity index (χ4v) is 2.17. The molecule has 0 aromatic carbocycles. The maximum absolute atomic E-state index is 4.48. The molecule has 0 unspecified atom stereocenters. The highest BCUT2D eigenvalue weighted by Gasteiger charge is 2.10. The van der Waals surface area contributed by atoms with Gasteiger partial charge >= 0.3 is 0 Å². The van der Waals surface area contributed by atoms with Crippen molar-refractivity contribution < 1.29 is 0 Å². The number of nitrogens with zero attached hydrogens (tertiary/aromatic N) is 3. The molecule has 0 bridgehead atoms. The minimum absolute atomic E-state index is 0.841. The molecule has 16 heavy (non-hydrogen) atoms. The van der Waals surface area contributed by atoms with Gasteiger partial charge in [0.15, 0.2) is 5.82 Å². The predicted octanol–water partition coefficient (Wildman–Crippen LogP) is 3.16. The quantitative estimate of drug-likeness (QED) is 0.682. The van der Waals surface area contributed by atoms with Gasteiger partial charge in [-0.1, -0.05) is 12.1 Å². The van der Waals surface area contributed by atoms with Crippen LogP contribution in [-0.4, -0.2) is 14.4 Å². The number of pyridine rings is 2. The molecule has 0 radical (unpaired) electrons. The summed E-state index contributed by atoms with van der Waals surface area (Å²) in [5.74, 6) is 0.850. The van der Waals surface area contributed by atoms with Crippen molar-refractivity contribution >= 4 is 21.4 Å². The second-order valence-electron chi connectivity index (χ2n) is 3.40. The van der Waals surface area contributed by atoms with E-state index in [1.807, 2.05) is 47.0 Å². The van der Waals surface area contributed by atoms with Crippen molar-refractivity contribution in [3.05, 3.63) is 53.4 Å². The molecule has 3 aromatic heterocycles. The standard InChI is InChI=1S/C12H8BrN3/c13-11-10-6-2-4-8-16(10)12(15-11)9-5-1-3-7-14-9/h1-8H. The van der Waals surface area contributed by atoms with E-state index in [1.165, 1.54) is 0 Å². The Morgan fingerprint density at radius 1 is 1.06 bits per heavy atom. The summed E-state index contributed by atoms with van der Waals surface area (Å²) in [5, 5.41) is 0. The van der Waals surface area contributed by atoms with Crippen molar-refractivity contribution in [2.45, 2.75) is 0 Å². The Labute approximate surface area is 101 Å². The number of imidazole rings is 1. The van der Waals surface area contributed by atoms with Crippen LogP contribution < -0.4 is 0 Å². The minimum atomic E-state index is 0.841. The van der Waals surface area contributed by atoms with Gasteiger partial charge in [-0.25, -0.2) is 4.98 Å². The average molecular weight is 274 g/mol. The van der Waals surface area contributed by atoms with Crippen LogP contribution in [0.3, 0.4) is 0 Å². The fraction of sp³-hybridized carbons (Fsp3) is 0. The van der Waals surface area contributed by atoms with Gasteiger partial charge < -0.3 is 0 Å². The molecule has 0 spiro atoms. The monoisotopic (exact) mass is 273 g/mol. The van der Waals surface area contributed by atoms with Crippen LogP contribution in [0.25, 0.3) is 17.0 Å². The first-order chi connectivity index (χ1) is 7.86. The van der Waals surface area contributed by atoms with Crippen LogP contribution in [0.1, 0.15) is 0 Å². The number of halogens is 1. The van der Waals surface area contributed by atoms with E-state index in [0.29, 0.717) is 0 Å². The molecule has 3 heterocycles. The normalized spacial score (nSPS) is 10.8. The Hall–Kier alpha value is -1.68. The van der Waals surface area contributed by atoms with Crippen molar-refractivity contribution in [3.8, 4) is 11.5 Å². The molecule has 0 saturated heterocycles. The summed E-state index contributed by atoms with van der Waals surface area (Å²) in [4.78, 5) is 8.79. The van der Waals surface area contributed by atoms with Gasteiger partial charge in [0.25, 0.3) is 0 Å². The molecule has 4 heteroatoms.